The van der Waals surface area contributed by atoms with Crippen molar-refractivity contribution in [3.8, 4) is 0 Å². The van der Waals surface area contributed by atoms with Crippen LogP contribution in [0.5, 0.6) is 0 Å². The first-order valence-corrected chi connectivity index (χ1v) is 7.33. The van der Waals surface area contributed by atoms with Crippen molar-refractivity contribution in [2.24, 2.45) is 0 Å². The van der Waals surface area contributed by atoms with Crippen LogP contribution in [0.25, 0.3) is 0 Å². The topological polar surface area (TPSA) is 12.0 Å². The number of nitrogens with one attached hydrogen (secondary N) is 1. The summed E-state index contributed by atoms with van der Waals surface area (Å²) in [5.41, 5.74) is 0.0427. The van der Waals surface area contributed by atoms with Crippen LogP contribution < -0.4 is 5.32 Å². The van der Waals surface area contributed by atoms with Gasteiger partial charge in [-0.3, -0.25) is 0 Å². The van der Waals surface area contributed by atoms with Crippen molar-refractivity contribution in [1.82, 2.24) is 0 Å². The monoisotopic (exact) mass is 407 g/mol. The van der Waals surface area contributed by atoms with Crippen molar-refractivity contribution in [3.63, 3.8) is 0 Å². The average molecular weight is 409 g/mol. The van der Waals surface area contributed by atoms with Crippen molar-refractivity contribution in [2.45, 2.75) is 13.0 Å². The molecule has 0 aliphatic rings. The Bertz CT molecular complexity index is 623. The fraction of sp³-hybridized carbons (Fsp3) is 0.143. The van der Waals surface area contributed by atoms with Crippen molar-refractivity contribution >= 4 is 37.5 Å². The number of hydrogen-bond acceptors (Lipinski definition) is 1. The zero-order valence-corrected chi connectivity index (χ0v) is 13.5. The summed E-state index contributed by atoms with van der Waals surface area (Å²) in [6, 6.07) is 6.14. The summed E-state index contributed by atoms with van der Waals surface area (Å²) in [5.74, 6) is -1.91. The van der Waals surface area contributed by atoms with Gasteiger partial charge < -0.3 is 5.32 Å². The standard InChI is InChI=1S/C14H10Br2F3N/c1-7(10-4-8(15)2-3-11(10)17)20-14-12(18)5-9(16)6-13(14)19/h2-7,20H,1H3. The van der Waals surface area contributed by atoms with Gasteiger partial charge in [0.2, 0.25) is 0 Å². The second-order valence-electron chi connectivity index (χ2n) is 4.28. The minimum absolute atomic E-state index is 0.278. The number of benzene rings is 2. The summed E-state index contributed by atoms with van der Waals surface area (Å²) >= 11 is 6.25. The summed E-state index contributed by atoms with van der Waals surface area (Å²) in [7, 11) is 0. The van der Waals surface area contributed by atoms with Gasteiger partial charge in [-0.1, -0.05) is 31.9 Å². The number of hydrogen-bond donors (Lipinski definition) is 1. The van der Waals surface area contributed by atoms with Crippen LogP contribution >= 0.6 is 31.9 Å². The largest absolute Gasteiger partial charge is 0.374 e. The number of rotatable bonds is 3. The maximum absolute atomic E-state index is 13.7. The number of halogens is 5. The van der Waals surface area contributed by atoms with Crippen LogP contribution in [0.2, 0.25) is 0 Å². The second-order valence-corrected chi connectivity index (χ2v) is 6.11. The first kappa shape index (κ1) is 15.4. The molecule has 0 saturated carbocycles. The van der Waals surface area contributed by atoms with Crippen molar-refractivity contribution < 1.29 is 13.2 Å². The zero-order chi connectivity index (χ0) is 14.9. The molecule has 0 amide bonds. The van der Waals surface area contributed by atoms with Crippen LogP contribution in [0.1, 0.15) is 18.5 Å². The molecular weight excluding hydrogens is 399 g/mol. The van der Waals surface area contributed by atoms with Gasteiger partial charge in [0.25, 0.3) is 0 Å². The molecule has 6 heteroatoms. The van der Waals surface area contributed by atoms with Gasteiger partial charge in [-0.15, -0.1) is 0 Å². The third-order valence-corrected chi connectivity index (χ3v) is 3.74. The fourth-order valence-corrected chi connectivity index (χ4v) is 2.60. The van der Waals surface area contributed by atoms with Crippen molar-refractivity contribution in [1.29, 1.82) is 0 Å². The van der Waals surface area contributed by atoms with Gasteiger partial charge in [-0.05, 0) is 37.3 Å². The molecule has 0 saturated heterocycles. The van der Waals surface area contributed by atoms with E-state index < -0.39 is 23.5 Å². The molecule has 1 unspecified atom stereocenters. The van der Waals surface area contributed by atoms with Crippen LogP contribution in [0, 0.1) is 17.5 Å². The Kier molecular flexibility index (Phi) is 4.75. The van der Waals surface area contributed by atoms with Gasteiger partial charge >= 0.3 is 0 Å². The highest BCUT2D eigenvalue weighted by molar-refractivity contribution is 9.10. The summed E-state index contributed by atoms with van der Waals surface area (Å²) in [5, 5.41) is 2.66. The molecule has 0 heterocycles. The Balaban J connectivity index is 2.32. The molecule has 0 bridgehead atoms. The third-order valence-electron chi connectivity index (χ3n) is 2.79. The molecule has 0 radical (unpaired) electrons. The van der Waals surface area contributed by atoms with E-state index in [-0.39, 0.29) is 5.69 Å². The minimum atomic E-state index is -0.737. The van der Waals surface area contributed by atoms with E-state index in [1.807, 2.05) is 0 Å². The van der Waals surface area contributed by atoms with Gasteiger partial charge in [0.05, 0.1) is 6.04 Å². The molecule has 20 heavy (non-hydrogen) atoms. The predicted molar refractivity (Wildman–Crippen MR) is 80.2 cm³/mol. The van der Waals surface area contributed by atoms with Crippen molar-refractivity contribution in [2.75, 3.05) is 5.32 Å². The maximum Gasteiger partial charge on any atom is 0.150 e. The lowest BCUT2D eigenvalue weighted by molar-refractivity contribution is 0.575. The lowest BCUT2D eigenvalue weighted by Gasteiger charge is -2.18. The molecule has 0 spiro atoms. The highest BCUT2D eigenvalue weighted by Gasteiger charge is 2.16. The van der Waals surface area contributed by atoms with E-state index in [0.717, 1.165) is 12.1 Å². The van der Waals surface area contributed by atoms with Gasteiger partial charge in [-0.25, -0.2) is 13.2 Å². The van der Waals surface area contributed by atoms with Gasteiger partial charge in [0, 0.05) is 14.5 Å². The third kappa shape index (κ3) is 3.35. The Morgan fingerprint density at radius 2 is 1.50 bits per heavy atom. The molecule has 1 atom stereocenters. The van der Waals surface area contributed by atoms with Crippen molar-refractivity contribution in [3.05, 3.63) is 62.3 Å². The van der Waals surface area contributed by atoms with E-state index in [1.165, 1.54) is 6.07 Å². The van der Waals surface area contributed by atoms with Crippen LogP contribution in [-0.4, -0.2) is 0 Å². The quantitative estimate of drug-likeness (QED) is 0.676. The molecule has 2 rings (SSSR count). The number of anilines is 1. The van der Waals surface area contributed by atoms with Crippen LogP contribution in [0.15, 0.2) is 39.3 Å². The van der Waals surface area contributed by atoms with Gasteiger partial charge in [0.15, 0.2) is 0 Å². The van der Waals surface area contributed by atoms with Crippen LogP contribution in [-0.2, 0) is 0 Å². The molecule has 2 aromatic carbocycles. The molecule has 1 nitrogen and oxygen atoms in total. The predicted octanol–water partition coefficient (Wildman–Crippen LogP) is 5.80. The Hall–Kier alpha value is -1.01. The Morgan fingerprint density at radius 3 is 2.10 bits per heavy atom. The molecule has 0 aromatic heterocycles. The van der Waals surface area contributed by atoms with E-state index in [4.69, 9.17) is 0 Å². The van der Waals surface area contributed by atoms with E-state index >= 15 is 0 Å². The lowest BCUT2D eigenvalue weighted by Crippen LogP contribution is -2.11. The molecule has 106 valence electrons. The summed E-state index contributed by atoms with van der Waals surface area (Å²) in [6.45, 7) is 1.63. The first-order valence-electron chi connectivity index (χ1n) is 5.74. The molecular formula is C14H10Br2F3N. The van der Waals surface area contributed by atoms with E-state index in [9.17, 15) is 13.2 Å². The van der Waals surface area contributed by atoms with Crippen LogP contribution in [0.4, 0.5) is 18.9 Å². The molecule has 0 aliphatic carbocycles. The smallest absolute Gasteiger partial charge is 0.150 e. The van der Waals surface area contributed by atoms with Crippen LogP contribution in [0.3, 0.4) is 0 Å². The summed E-state index contributed by atoms with van der Waals surface area (Å²) in [4.78, 5) is 0. The average Bonchev–Trinajstić information content (AvgIpc) is 2.36. The molecule has 0 aliphatic heterocycles. The lowest BCUT2D eigenvalue weighted by atomic mass is 10.1. The zero-order valence-electron chi connectivity index (χ0n) is 10.4. The molecule has 1 N–H and O–H groups in total. The normalized spacial score (nSPS) is 12.3. The SMILES string of the molecule is CC(Nc1c(F)cc(Br)cc1F)c1cc(Br)ccc1F. The van der Waals surface area contributed by atoms with E-state index in [2.05, 4.69) is 37.2 Å². The second kappa shape index (κ2) is 6.18. The highest BCUT2D eigenvalue weighted by Crippen LogP contribution is 2.29. The van der Waals surface area contributed by atoms with Gasteiger partial charge in [0.1, 0.15) is 23.1 Å². The van der Waals surface area contributed by atoms with Gasteiger partial charge in [-0.2, -0.15) is 0 Å². The van der Waals surface area contributed by atoms with E-state index in [1.54, 1.807) is 19.1 Å². The minimum Gasteiger partial charge on any atom is -0.374 e. The maximum atomic E-state index is 13.7. The summed E-state index contributed by atoms with van der Waals surface area (Å²) in [6.07, 6.45) is 0. The Labute approximate surface area is 131 Å². The summed E-state index contributed by atoms with van der Waals surface area (Å²) < 4.78 is 42.2. The van der Waals surface area contributed by atoms with E-state index in [0.29, 0.717) is 14.5 Å². The Morgan fingerprint density at radius 1 is 0.900 bits per heavy atom. The highest BCUT2D eigenvalue weighted by atomic mass is 79.9. The fourth-order valence-electron chi connectivity index (χ4n) is 1.82. The molecule has 0 fully saturated rings. The molecule has 2 aromatic rings. The first-order chi connectivity index (χ1) is 9.38.